The maximum atomic E-state index is 14.2. The third-order valence-corrected chi connectivity index (χ3v) is 6.14. The fourth-order valence-electron chi connectivity index (χ4n) is 4.29. The molecular formula is C23H22ClFN4O2. The Bertz CT molecular complexity index is 1150. The van der Waals surface area contributed by atoms with Crippen molar-refractivity contribution in [3.63, 3.8) is 0 Å². The smallest absolute Gasteiger partial charge is 0.275 e. The third-order valence-electron chi connectivity index (χ3n) is 5.90. The lowest BCUT2D eigenvalue weighted by Gasteiger charge is -2.34. The minimum absolute atomic E-state index is 0.0862. The number of aromatic nitrogens is 2. The molecule has 0 aliphatic carbocycles. The topological polar surface area (TPSA) is 50.6 Å². The first kappa shape index (κ1) is 19.9. The second-order valence-electron chi connectivity index (χ2n) is 8.00. The summed E-state index contributed by atoms with van der Waals surface area (Å²) in [6, 6.07) is 12.4. The summed E-state index contributed by atoms with van der Waals surface area (Å²) >= 11 is 5.84. The molecule has 0 bridgehead atoms. The average molecular weight is 441 g/mol. The number of anilines is 1. The van der Waals surface area contributed by atoms with Gasteiger partial charge in [-0.2, -0.15) is 5.10 Å². The zero-order valence-corrected chi connectivity index (χ0v) is 17.8. The molecule has 1 aromatic heterocycles. The Morgan fingerprint density at radius 3 is 2.94 bits per heavy atom. The number of nitrogens with zero attached hydrogens (tertiary/aromatic N) is 4. The molecule has 5 rings (SSSR count). The number of carbonyl (C=O) groups excluding carboxylic acids is 1. The van der Waals surface area contributed by atoms with E-state index in [9.17, 15) is 9.18 Å². The Kier molecular flexibility index (Phi) is 5.06. The molecular weight excluding hydrogens is 419 g/mol. The zero-order valence-electron chi connectivity index (χ0n) is 17.1. The van der Waals surface area contributed by atoms with Gasteiger partial charge in [0.1, 0.15) is 18.2 Å². The van der Waals surface area contributed by atoms with Crippen LogP contribution in [0.2, 0.25) is 5.02 Å². The van der Waals surface area contributed by atoms with Gasteiger partial charge in [-0.05, 0) is 30.7 Å². The number of benzene rings is 2. The van der Waals surface area contributed by atoms with Crippen molar-refractivity contribution in [2.45, 2.75) is 19.0 Å². The lowest BCUT2D eigenvalue weighted by atomic mass is 10.0. The minimum Gasteiger partial charge on any atom is -0.489 e. The number of halogens is 2. The van der Waals surface area contributed by atoms with E-state index in [1.807, 2.05) is 42.4 Å². The summed E-state index contributed by atoms with van der Waals surface area (Å²) in [5.41, 5.74) is 2.82. The average Bonchev–Trinajstić information content (AvgIpc) is 3.09. The van der Waals surface area contributed by atoms with Crippen LogP contribution in [0.1, 0.15) is 21.6 Å². The fourth-order valence-corrected chi connectivity index (χ4v) is 4.45. The van der Waals surface area contributed by atoms with Gasteiger partial charge in [0.2, 0.25) is 0 Å². The maximum Gasteiger partial charge on any atom is 0.275 e. The molecule has 0 fully saturated rings. The van der Waals surface area contributed by atoms with E-state index in [2.05, 4.69) is 10.00 Å². The zero-order chi connectivity index (χ0) is 21.5. The van der Waals surface area contributed by atoms with Crippen LogP contribution in [0, 0.1) is 5.82 Å². The summed E-state index contributed by atoms with van der Waals surface area (Å²) in [5.74, 6) is 0.337. The van der Waals surface area contributed by atoms with Gasteiger partial charge in [0.05, 0.1) is 18.3 Å². The predicted molar refractivity (Wildman–Crippen MR) is 116 cm³/mol. The number of hydrogen-bond acceptors (Lipinski definition) is 4. The van der Waals surface area contributed by atoms with E-state index in [4.69, 9.17) is 16.3 Å². The van der Waals surface area contributed by atoms with Gasteiger partial charge < -0.3 is 14.5 Å². The summed E-state index contributed by atoms with van der Waals surface area (Å²) in [7, 11) is 2.01. The molecule has 2 aromatic carbocycles. The highest BCUT2D eigenvalue weighted by atomic mass is 35.5. The molecule has 6 nitrogen and oxygen atoms in total. The number of hydrogen-bond donors (Lipinski definition) is 0. The Balaban J connectivity index is 1.35. The van der Waals surface area contributed by atoms with E-state index in [1.165, 1.54) is 6.07 Å². The highest BCUT2D eigenvalue weighted by Crippen LogP contribution is 2.31. The Morgan fingerprint density at radius 1 is 1.26 bits per heavy atom. The Labute approximate surface area is 184 Å². The summed E-state index contributed by atoms with van der Waals surface area (Å²) in [5, 5.41) is 4.84. The molecule has 8 heteroatoms. The van der Waals surface area contributed by atoms with Crippen molar-refractivity contribution in [1.29, 1.82) is 0 Å². The first-order valence-electron chi connectivity index (χ1n) is 10.2. The van der Waals surface area contributed by atoms with Crippen molar-refractivity contribution in [3.8, 4) is 5.75 Å². The Morgan fingerprint density at radius 2 is 2.10 bits per heavy atom. The fraction of sp³-hybridized carbons (Fsp3) is 0.304. The molecule has 2 aliphatic rings. The van der Waals surface area contributed by atoms with Gasteiger partial charge in [-0.15, -0.1) is 0 Å². The van der Waals surface area contributed by atoms with Crippen molar-refractivity contribution in [2.75, 3.05) is 31.6 Å². The van der Waals surface area contributed by atoms with Crippen LogP contribution < -0.4 is 9.64 Å². The quantitative estimate of drug-likeness (QED) is 0.624. The van der Waals surface area contributed by atoms with Crippen LogP contribution in [-0.2, 0) is 13.0 Å². The van der Waals surface area contributed by atoms with Gasteiger partial charge in [0.25, 0.3) is 5.91 Å². The SMILES string of the molecule is CN1C[C@H](N2CCc3cn(Cc4ccc(Cl)cc4F)nc3C2=O)COc2ccccc21. The van der Waals surface area contributed by atoms with Crippen molar-refractivity contribution in [1.82, 2.24) is 14.7 Å². The highest BCUT2D eigenvalue weighted by molar-refractivity contribution is 6.30. The van der Waals surface area contributed by atoms with Crippen molar-refractivity contribution in [2.24, 2.45) is 0 Å². The number of para-hydroxylation sites is 2. The number of ether oxygens (including phenoxy) is 1. The van der Waals surface area contributed by atoms with E-state index in [-0.39, 0.29) is 24.3 Å². The monoisotopic (exact) mass is 440 g/mol. The van der Waals surface area contributed by atoms with Crippen LogP contribution in [0.15, 0.2) is 48.7 Å². The molecule has 3 heterocycles. The van der Waals surface area contributed by atoms with Gasteiger partial charge in [-0.1, -0.05) is 29.8 Å². The Hall–Kier alpha value is -3.06. The molecule has 0 saturated carbocycles. The first-order valence-corrected chi connectivity index (χ1v) is 10.6. The highest BCUT2D eigenvalue weighted by Gasteiger charge is 2.35. The number of likely N-dealkylation sites (N-methyl/N-ethyl adjacent to an activating group) is 1. The van der Waals surface area contributed by atoms with E-state index < -0.39 is 0 Å². The number of carbonyl (C=O) groups is 1. The second-order valence-corrected chi connectivity index (χ2v) is 8.43. The first-order chi connectivity index (χ1) is 15.0. The van der Waals surface area contributed by atoms with Gasteiger partial charge in [0, 0.05) is 42.5 Å². The van der Waals surface area contributed by atoms with E-state index in [1.54, 1.807) is 16.8 Å². The van der Waals surface area contributed by atoms with Crippen LogP contribution in [0.4, 0.5) is 10.1 Å². The third kappa shape index (κ3) is 3.74. The van der Waals surface area contributed by atoms with Gasteiger partial charge in [0.15, 0.2) is 5.69 Å². The van der Waals surface area contributed by atoms with Gasteiger partial charge in [-0.25, -0.2) is 4.39 Å². The molecule has 0 unspecified atom stereocenters. The molecule has 0 radical (unpaired) electrons. The van der Waals surface area contributed by atoms with Gasteiger partial charge >= 0.3 is 0 Å². The molecule has 0 N–H and O–H groups in total. The van der Waals surface area contributed by atoms with Crippen LogP contribution in [0.25, 0.3) is 0 Å². The lowest BCUT2D eigenvalue weighted by molar-refractivity contribution is 0.0604. The molecule has 1 atom stereocenters. The van der Waals surface area contributed by atoms with E-state index in [0.29, 0.717) is 42.4 Å². The lowest BCUT2D eigenvalue weighted by Crippen LogP contribution is -2.51. The standard InChI is InChI=1S/C23H22ClFN4O2/c1-27-13-18(14-31-21-5-3-2-4-20(21)27)29-9-8-16-12-28(26-22(16)23(29)30)11-15-6-7-17(24)10-19(15)25/h2-7,10,12,18H,8-9,11,13-14H2,1H3/t18-/m0/s1. The predicted octanol–water partition coefficient (Wildman–Crippen LogP) is 3.62. The van der Waals surface area contributed by atoms with Crippen LogP contribution in [0.3, 0.4) is 0 Å². The van der Waals surface area contributed by atoms with Crippen molar-refractivity contribution < 1.29 is 13.9 Å². The molecule has 2 aliphatic heterocycles. The molecule has 160 valence electrons. The summed E-state index contributed by atoms with van der Waals surface area (Å²) in [4.78, 5) is 17.2. The van der Waals surface area contributed by atoms with Crippen molar-refractivity contribution in [3.05, 3.63) is 76.3 Å². The normalized spacial score (nSPS) is 18.3. The van der Waals surface area contributed by atoms with Crippen molar-refractivity contribution >= 4 is 23.2 Å². The summed E-state index contributed by atoms with van der Waals surface area (Å²) in [6.45, 7) is 1.95. The number of rotatable bonds is 3. The largest absolute Gasteiger partial charge is 0.489 e. The molecule has 3 aromatic rings. The van der Waals surface area contributed by atoms with Crippen LogP contribution in [-0.4, -0.2) is 53.4 Å². The number of amides is 1. The molecule has 0 spiro atoms. The van der Waals surface area contributed by atoms with E-state index >= 15 is 0 Å². The minimum atomic E-state index is -0.382. The second kappa shape index (κ2) is 7.89. The molecule has 31 heavy (non-hydrogen) atoms. The summed E-state index contributed by atoms with van der Waals surface area (Å²) in [6.07, 6.45) is 2.54. The molecule has 1 amide bonds. The summed E-state index contributed by atoms with van der Waals surface area (Å²) < 4.78 is 21.8. The van der Waals surface area contributed by atoms with Crippen LogP contribution in [0.5, 0.6) is 5.75 Å². The van der Waals surface area contributed by atoms with E-state index in [0.717, 1.165) is 17.0 Å². The van der Waals surface area contributed by atoms with Crippen LogP contribution >= 0.6 is 11.6 Å². The maximum absolute atomic E-state index is 14.2. The molecule has 0 saturated heterocycles. The van der Waals surface area contributed by atoms with Gasteiger partial charge in [-0.3, -0.25) is 9.48 Å². The number of fused-ring (bicyclic) bond motifs is 2.